The summed E-state index contributed by atoms with van der Waals surface area (Å²) in [7, 11) is 0. The highest BCUT2D eigenvalue weighted by molar-refractivity contribution is 6.31. The van der Waals surface area contributed by atoms with E-state index in [9.17, 15) is 0 Å². The third kappa shape index (κ3) is 2.63. The van der Waals surface area contributed by atoms with Crippen LogP contribution in [0.15, 0.2) is 48.8 Å². The van der Waals surface area contributed by atoms with Crippen molar-refractivity contribution < 1.29 is 0 Å². The minimum absolute atomic E-state index is 0.623. The molecule has 0 bridgehead atoms. The summed E-state index contributed by atoms with van der Waals surface area (Å²) in [5.41, 5.74) is 2.45. The second-order valence-electron chi connectivity index (χ2n) is 4.04. The Labute approximate surface area is 115 Å². The number of benzene rings is 1. The first-order valence-electron chi connectivity index (χ1n) is 5.88. The molecule has 19 heavy (non-hydrogen) atoms. The molecule has 0 atom stereocenters. The molecule has 3 aromatic rings. The topological polar surface area (TPSA) is 50.7 Å². The van der Waals surface area contributed by atoms with Crippen molar-refractivity contribution in [2.45, 2.75) is 6.54 Å². The van der Waals surface area contributed by atoms with E-state index in [1.807, 2.05) is 36.4 Å². The number of halogens is 1. The third-order valence-electron chi connectivity index (χ3n) is 2.75. The van der Waals surface area contributed by atoms with Crippen LogP contribution >= 0.6 is 11.6 Å². The largest absolute Gasteiger partial charge is 0.366 e. The van der Waals surface area contributed by atoms with Crippen molar-refractivity contribution in [3.8, 4) is 0 Å². The summed E-state index contributed by atoms with van der Waals surface area (Å²) < 4.78 is 0. The van der Waals surface area contributed by atoms with Crippen LogP contribution < -0.4 is 5.32 Å². The van der Waals surface area contributed by atoms with Gasteiger partial charge in [0, 0.05) is 24.0 Å². The second kappa shape index (κ2) is 5.20. The van der Waals surface area contributed by atoms with Gasteiger partial charge in [0.25, 0.3) is 0 Å². The zero-order chi connectivity index (χ0) is 13.1. The van der Waals surface area contributed by atoms with E-state index in [1.54, 1.807) is 12.4 Å². The van der Waals surface area contributed by atoms with E-state index < -0.39 is 0 Å². The van der Waals surface area contributed by atoms with E-state index in [-0.39, 0.29) is 0 Å². The fraction of sp³-hybridized carbons (Fsp3) is 0.0714. The van der Waals surface area contributed by atoms with Gasteiger partial charge in [0.05, 0.1) is 0 Å². The highest BCUT2D eigenvalue weighted by Gasteiger charge is 2.01. The number of nitrogens with one attached hydrogen (secondary N) is 1. The predicted molar refractivity (Wildman–Crippen MR) is 76.1 cm³/mol. The number of aromatic nitrogens is 3. The Hall–Kier alpha value is -2.20. The Morgan fingerprint density at radius 2 is 1.84 bits per heavy atom. The van der Waals surface area contributed by atoms with Crippen LogP contribution in [0.4, 0.5) is 5.82 Å². The molecule has 0 spiro atoms. The fourth-order valence-corrected chi connectivity index (χ4v) is 1.98. The highest BCUT2D eigenvalue weighted by Crippen LogP contribution is 2.17. The van der Waals surface area contributed by atoms with E-state index in [1.165, 1.54) is 0 Å². The molecule has 1 aromatic carbocycles. The van der Waals surface area contributed by atoms with Crippen LogP contribution in [0.2, 0.25) is 5.02 Å². The van der Waals surface area contributed by atoms with Gasteiger partial charge in [-0.1, -0.05) is 29.8 Å². The highest BCUT2D eigenvalue weighted by atomic mass is 35.5. The van der Waals surface area contributed by atoms with Gasteiger partial charge in [0.15, 0.2) is 5.65 Å². The van der Waals surface area contributed by atoms with Crippen LogP contribution in [0.5, 0.6) is 0 Å². The lowest BCUT2D eigenvalue weighted by Crippen LogP contribution is -2.02. The van der Waals surface area contributed by atoms with Crippen molar-refractivity contribution in [3.05, 3.63) is 59.4 Å². The Morgan fingerprint density at radius 3 is 2.74 bits per heavy atom. The molecule has 5 heteroatoms. The standard InChI is InChI=1S/C14H11ClN4/c15-11-4-2-1-3-10(11)9-18-13-6-5-12-14(19-13)17-8-7-16-12/h1-8H,9H2,(H,17,18,19). The van der Waals surface area contributed by atoms with Crippen molar-refractivity contribution in [1.29, 1.82) is 0 Å². The maximum Gasteiger partial charge on any atom is 0.180 e. The molecular weight excluding hydrogens is 260 g/mol. The summed E-state index contributed by atoms with van der Waals surface area (Å²) in [4.78, 5) is 12.7. The lowest BCUT2D eigenvalue weighted by atomic mass is 10.2. The first-order valence-corrected chi connectivity index (χ1v) is 6.26. The van der Waals surface area contributed by atoms with Gasteiger partial charge in [-0.25, -0.2) is 9.97 Å². The van der Waals surface area contributed by atoms with Crippen molar-refractivity contribution in [2.75, 3.05) is 5.32 Å². The van der Waals surface area contributed by atoms with Crippen LogP contribution in [-0.4, -0.2) is 15.0 Å². The molecule has 2 aromatic heterocycles. The number of rotatable bonds is 3. The summed E-state index contributed by atoms with van der Waals surface area (Å²) in [6, 6.07) is 11.5. The van der Waals surface area contributed by atoms with E-state index in [0.29, 0.717) is 12.2 Å². The zero-order valence-electron chi connectivity index (χ0n) is 10.0. The summed E-state index contributed by atoms with van der Waals surface area (Å²) in [5, 5.41) is 3.98. The van der Waals surface area contributed by atoms with Gasteiger partial charge in [0.2, 0.25) is 0 Å². The Kier molecular flexibility index (Phi) is 3.25. The first-order chi connectivity index (χ1) is 9.33. The number of anilines is 1. The molecular formula is C14H11ClN4. The lowest BCUT2D eigenvalue weighted by molar-refractivity contribution is 1.11. The molecule has 0 aliphatic heterocycles. The van der Waals surface area contributed by atoms with E-state index in [0.717, 1.165) is 21.9 Å². The average Bonchev–Trinajstić information content (AvgIpc) is 2.46. The van der Waals surface area contributed by atoms with Crippen molar-refractivity contribution >= 4 is 28.6 Å². The van der Waals surface area contributed by atoms with Crippen LogP contribution in [0, 0.1) is 0 Å². The molecule has 0 fully saturated rings. The van der Waals surface area contributed by atoms with Crippen molar-refractivity contribution in [3.63, 3.8) is 0 Å². The molecule has 0 aliphatic rings. The maximum absolute atomic E-state index is 6.10. The minimum Gasteiger partial charge on any atom is -0.366 e. The molecule has 1 N–H and O–H groups in total. The quantitative estimate of drug-likeness (QED) is 0.793. The Bertz CT molecular complexity index is 714. The summed E-state index contributed by atoms with van der Waals surface area (Å²) in [6.07, 6.45) is 3.29. The lowest BCUT2D eigenvalue weighted by Gasteiger charge is -2.07. The second-order valence-corrected chi connectivity index (χ2v) is 4.45. The van der Waals surface area contributed by atoms with Gasteiger partial charge < -0.3 is 5.32 Å². The molecule has 4 nitrogen and oxygen atoms in total. The number of nitrogens with zero attached hydrogens (tertiary/aromatic N) is 3. The number of pyridine rings is 1. The molecule has 2 heterocycles. The SMILES string of the molecule is Clc1ccccc1CNc1ccc2nccnc2n1. The summed E-state index contributed by atoms with van der Waals surface area (Å²) >= 11 is 6.10. The van der Waals surface area contributed by atoms with E-state index in [2.05, 4.69) is 20.3 Å². The molecule has 0 radical (unpaired) electrons. The van der Waals surface area contributed by atoms with Gasteiger partial charge in [-0.3, -0.25) is 4.98 Å². The first kappa shape index (κ1) is 11.9. The predicted octanol–water partition coefficient (Wildman–Crippen LogP) is 3.29. The fourth-order valence-electron chi connectivity index (χ4n) is 1.78. The van der Waals surface area contributed by atoms with E-state index >= 15 is 0 Å². The number of hydrogen-bond donors (Lipinski definition) is 1. The summed E-state index contributed by atoms with van der Waals surface area (Å²) in [5.74, 6) is 0.757. The van der Waals surface area contributed by atoms with Crippen LogP contribution in [0.3, 0.4) is 0 Å². The van der Waals surface area contributed by atoms with E-state index in [4.69, 9.17) is 11.6 Å². The van der Waals surface area contributed by atoms with Crippen LogP contribution in [-0.2, 0) is 6.54 Å². The maximum atomic E-state index is 6.10. The van der Waals surface area contributed by atoms with Gasteiger partial charge in [0.1, 0.15) is 11.3 Å². The smallest absolute Gasteiger partial charge is 0.180 e. The van der Waals surface area contributed by atoms with Crippen molar-refractivity contribution in [2.24, 2.45) is 0 Å². The molecule has 0 saturated heterocycles. The monoisotopic (exact) mass is 270 g/mol. The van der Waals surface area contributed by atoms with Crippen LogP contribution in [0.25, 0.3) is 11.2 Å². The minimum atomic E-state index is 0.623. The van der Waals surface area contributed by atoms with Crippen molar-refractivity contribution in [1.82, 2.24) is 15.0 Å². The Balaban J connectivity index is 1.80. The van der Waals surface area contributed by atoms with Gasteiger partial charge in [-0.05, 0) is 23.8 Å². The molecule has 0 aliphatic carbocycles. The molecule has 94 valence electrons. The number of fused-ring (bicyclic) bond motifs is 1. The average molecular weight is 271 g/mol. The Morgan fingerprint density at radius 1 is 1.00 bits per heavy atom. The van der Waals surface area contributed by atoms with Gasteiger partial charge >= 0.3 is 0 Å². The molecule has 3 rings (SSSR count). The van der Waals surface area contributed by atoms with Gasteiger partial charge in [-0.15, -0.1) is 0 Å². The molecule has 0 saturated carbocycles. The summed E-state index contributed by atoms with van der Waals surface area (Å²) in [6.45, 7) is 0.623. The molecule has 0 unspecified atom stereocenters. The normalized spacial score (nSPS) is 10.6. The third-order valence-corrected chi connectivity index (χ3v) is 3.12. The molecule has 0 amide bonds. The van der Waals surface area contributed by atoms with Gasteiger partial charge in [-0.2, -0.15) is 0 Å². The van der Waals surface area contributed by atoms with Crippen LogP contribution in [0.1, 0.15) is 5.56 Å². The number of hydrogen-bond acceptors (Lipinski definition) is 4. The zero-order valence-corrected chi connectivity index (χ0v) is 10.8.